The minimum Gasteiger partial charge on any atom is -0.378 e. The van der Waals surface area contributed by atoms with Gasteiger partial charge >= 0.3 is 0 Å². The topological polar surface area (TPSA) is 29.3 Å². The van der Waals surface area contributed by atoms with Crippen LogP contribution in [0.5, 0.6) is 0 Å². The third kappa shape index (κ3) is 4.08. The highest BCUT2D eigenvalue weighted by Crippen LogP contribution is 2.22. The highest BCUT2D eigenvalue weighted by Gasteiger charge is 2.09. The second-order valence-corrected chi connectivity index (χ2v) is 6.20. The van der Waals surface area contributed by atoms with Crippen molar-refractivity contribution in [1.29, 1.82) is 0 Å². The fourth-order valence-electron chi connectivity index (χ4n) is 2.44. The number of nitrogens with two attached hydrogens (primary N) is 1. The lowest BCUT2D eigenvalue weighted by molar-refractivity contribution is 0.721. The number of hydrogen-bond donors (Lipinski definition) is 1. The quantitative estimate of drug-likeness (QED) is 0.894. The molecule has 2 aromatic rings. The molecule has 0 saturated heterocycles. The van der Waals surface area contributed by atoms with Crippen LogP contribution in [0.15, 0.2) is 48.5 Å². The van der Waals surface area contributed by atoms with Gasteiger partial charge in [-0.1, -0.05) is 50.2 Å². The van der Waals surface area contributed by atoms with E-state index >= 15 is 0 Å². The molecule has 2 heteroatoms. The average Bonchev–Trinajstić information content (AvgIpc) is 2.48. The van der Waals surface area contributed by atoms with Crippen molar-refractivity contribution in [3.63, 3.8) is 0 Å². The number of rotatable bonds is 5. The van der Waals surface area contributed by atoms with E-state index in [1.165, 1.54) is 22.4 Å². The van der Waals surface area contributed by atoms with E-state index in [2.05, 4.69) is 81.4 Å². The monoisotopic (exact) mass is 282 g/mol. The molecule has 2 rings (SSSR count). The van der Waals surface area contributed by atoms with Crippen LogP contribution >= 0.6 is 0 Å². The summed E-state index contributed by atoms with van der Waals surface area (Å²) in [6.45, 7) is 4.43. The Balaban J connectivity index is 2.10. The normalized spacial score (nSPS) is 12.5. The van der Waals surface area contributed by atoms with Crippen molar-refractivity contribution in [1.82, 2.24) is 0 Å². The van der Waals surface area contributed by atoms with Crippen LogP contribution in [0.3, 0.4) is 0 Å². The van der Waals surface area contributed by atoms with Gasteiger partial charge in [-0.15, -0.1) is 0 Å². The molecule has 2 N–H and O–H groups in total. The highest BCUT2D eigenvalue weighted by atomic mass is 15.1. The van der Waals surface area contributed by atoms with Gasteiger partial charge < -0.3 is 10.6 Å². The highest BCUT2D eigenvalue weighted by molar-refractivity contribution is 5.48. The fourth-order valence-corrected chi connectivity index (χ4v) is 2.44. The molecule has 1 atom stereocenters. The third-order valence-corrected chi connectivity index (χ3v) is 3.92. The minimum atomic E-state index is 0.0369. The summed E-state index contributed by atoms with van der Waals surface area (Å²) in [6, 6.07) is 17.3. The van der Waals surface area contributed by atoms with Crippen molar-refractivity contribution < 1.29 is 0 Å². The summed E-state index contributed by atoms with van der Waals surface area (Å²) in [4.78, 5) is 2.10. The number of hydrogen-bond acceptors (Lipinski definition) is 2. The molecule has 112 valence electrons. The number of benzene rings is 2. The van der Waals surface area contributed by atoms with Gasteiger partial charge in [0, 0.05) is 25.8 Å². The number of anilines is 1. The Kier molecular flexibility index (Phi) is 5.03. The van der Waals surface area contributed by atoms with E-state index in [1.54, 1.807) is 0 Å². The zero-order valence-electron chi connectivity index (χ0n) is 13.5. The predicted molar refractivity (Wildman–Crippen MR) is 91.9 cm³/mol. The van der Waals surface area contributed by atoms with Gasteiger partial charge in [0.1, 0.15) is 0 Å². The Morgan fingerprint density at radius 2 is 1.62 bits per heavy atom. The molecule has 1 unspecified atom stereocenters. The van der Waals surface area contributed by atoms with Crippen LogP contribution in [-0.4, -0.2) is 14.1 Å². The molecule has 0 saturated carbocycles. The fraction of sp³-hybridized carbons (Fsp3) is 0.368. The van der Waals surface area contributed by atoms with Crippen LogP contribution in [0.1, 0.15) is 42.5 Å². The summed E-state index contributed by atoms with van der Waals surface area (Å²) in [5.74, 6) is 0.574. The van der Waals surface area contributed by atoms with Gasteiger partial charge in [0.15, 0.2) is 0 Å². The van der Waals surface area contributed by atoms with Gasteiger partial charge in [0.2, 0.25) is 0 Å². The maximum atomic E-state index is 6.38. The van der Waals surface area contributed by atoms with Gasteiger partial charge in [-0.2, -0.15) is 0 Å². The summed E-state index contributed by atoms with van der Waals surface area (Å²) in [5.41, 5.74) is 11.4. The molecule has 2 nitrogen and oxygen atoms in total. The summed E-state index contributed by atoms with van der Waals surface area (Å²) in [6.07, 6.45) is 0.870. The molecule has 2 aromatic carbocycles. The van der Waals surface area contributed by atoms with Crippen molar-refractivity contribution in [3.8, 4) is 0 Å². The Morgan fingerprint density at radius 1 is 0.952 bits per heavy atom. The molecule has 0 aliphatic rings. The van der Waals surface area contributed by atoms with E-state index in [-0.39, 0.29) is 6.04 Å². The maximum absolute atomic E-state index is 6.38. The molecule has 0 heterocycles. The van der Waals surface area contributed by atoms with E-state index in [0.717, 1.165) is 6.42 Å². The lowest BCUT2D eigenvalue weighted by Crippen LogP contribution is -2.15. The van der Waals surface area contributed by atoms with Gasteiger partial charge in [0.05, 0.1) is 0 Å². The average molecular weight is 282 g/mol. The first kappa shape index (κ1) is 15.6. The molecule has 21 heavy (non-hydrogen) atoms. The zero-order chi connectivity index (χ0) is 15.4. The first-order valence-electron chi connectivity index (χ1n) is 7.59. The van der Waals surface area contributed by atoms with E-state index in [0.29, 0.717) is 5.92 Å². The standard InChI is InChI=1S/C19H26N2/c1-14(2)16-10-8-15(9-11-16)12-19(20)17-6-5-7-18(13-17)21(3)4/h5-11,13-14,19H,12,20H2,1-4H3. The first-order valence-corrected chi connectivity index (χ1v) is 7.59. The smallest absolute Gasteiger partial charge is 0.0364 e. The zero-order valence-corrected chi connectivity index (χ0v) is 13.5. The van der Waals surface area contributed by atoms with E-state index in [4.69, 9.17) is 5.73 Å². The number of nitrogens with zero attached hydrogens (tertiary/aromatic N) is 1. The third-order valence-electron chi connectivity index (χ3n) is 3.92. The van der Waals surface area contributed by atoms with Crippen LogP contribution in [0, 0.1) is 0 Å². The molecular formula is C19H26N2. The van der Waals surface area contributed by atoms with Crippen LogP contribution in [0.25, 0.3) is 0 Å². The van der Waals surface area contributed by atoms with Crippen molar-refractivity contribution in [2.24, 2.45) is 5.73 Å². The van der Waals surface area contributed by atoms with E-state index in [9.17, 15) is 0 Å². The van der Waals surface area contributed by atoms with Crippen molar-refractivity contribution >= 4 is 5.69 Å². The molecule has 0 aliphatic carbocycles. The lowest BCUT2D eigenvalue weighted by Gasteiger charge is -2.17. The van der Waals surface area contributed by atoms with Crippen molar-refractivity contribution in [3.05, 3.63) is 65.2 Å². The van der Waals surface area contributed by atoms with Crippen LogP contribution in [0.2, 0.25) is 0 Å². The largest absolute Gasteiger partial charge is 0.378 e. The Morgan fingerprint density at radius 3 is 2.19 bits per heavy atom. The van der Waals surface area contributed by atoms with Crippen LogP contribution < -0.4 is 10.6 Å². The molecule has 0 spiro atoms. The Bertz CT molecular complexity index is 570. The molecular weight excluding hydrogens is 256 g/mol. The minimum absolute atomic E-state index is 0.0369. The predicted octanol–water partition coefficient (Wildman–Crippen LogP) is 4.12. The van der Waals surface area contributed by atoms with Crippen molar-refractivity contribution in [2.75, 3.05) is 19.0 Å². The van der Waals surface area contributed by atoms with Crippen LogP contribution in [0.4, 0.5) is 5.69 Å². The summed E-state index contributed by atoms with van der Waals surface area (Å²) < 4.78 is 0. The SMILES string of the molecule is CC(C)c1ccc(CC(N)c2cccc(N(C)C)c2)cc1. The van der Waals surface area contributed by atoms with Gasteiger partial charge in [-0.05, 0) is 41.2 Å². The van der Waals surface area contributed by atoms with Crippen LogP contribution in [-0.2, 0) is 6.42 Å². The summed E-state index contributed by atoms with van der Waals surface area (Å²) >= 11 is 0. The molecule has 0 aromatic heterocycles. The Hall–Kier alpha value is -1.80. The molecule has 0 aliphatic heterocycles. The summed E-state index contributed by atoms with van der Waals surface area (Å²) in [5, 5.41) is 0. The second kappa shape index (κ2) is 6.77. The van der Waals surface area contributed by atoms with E-state index < -0.39 is 0 Å². The lowest BCUT2D eigenvalue weighted by atomic mass is 9.96. The molecule has 0 bridgehead atoms. The van der Waals surface area contributed by atoms with E-state index in [1.807, 2.05) is 0 Å². The van der Waals surface area contributed by atoms with Gasteiger partial charge in [0.25, 0.3) is 0 Å². The first-order chi connectivity index (χ1) is 9.97. The van der Waals surface area contributed by atoms with Crippen molar-refractivity contribution in [2.45, 2.75) is 32.2 Å². The Labute approximate surface area is 128 Å². The molecule has 0 fully saturated rings. The van der Waals surface area contributed by atoms with Gasteiger partial charge in [-0.3, -0.25) is 0 Å². The molecule has 0 amide bonds. The summed E-state index contributed by atoms with van der Waals surface area (Å²) in [7, 11) is 4.10. The van der Waals surface area contributed by atoms with Gasteiger partial charge in [-0.25, -0.2) is 0 Å². The molecule has 0 radical (unpaired) electrons. The maximum Gasteiger partial charge on any atom is 0.0364 e. The second-order valence-electron chi connectivity index (χ2n) is 6.20.